The number of methoxy groups -OCH3 is 1. The number of ether oxygens (including phenoxy) is 2. The van der Waals surface area contributed by atoms with Gasteiger partial charge in [0.25, 0.3) is 0 Å². The summed E-state index contributed by atoms with van der Waals surface area (Å²) in [5.41, 5.74) is 3.86. The lowest BCUT2D eigenvalue weighted by molar-refractivity contribution is 0.0342. The molecule has 1 N–H and O–H groups in total. The van der Waals surface area contributed by atoms with E-state index in [-0.39, 0.29) is 6.17 Å². The summed E-state index contributed by atoms with van der Waals surface area (Å²) < 4.78 is 10.8. The Kier molecular flexibility index (Phi) is 5.61. The minimum atomic E-state index is 0.161. The molecule has 27 heavy (non-hydrogen) atoms. The Hall–Kier alpha value is -2.50. The highest BCUT2D eigenvalue weighted by Crippen LogP contribution is 2.26. The summed E-state index contributed by atoms with van der Waals surface area (Å²) in [4.78, 5) is 4.76. The molecule has 0 bridgehead atoms. The molecule has 1 unspecified atom stereocenters. The zero-order chi connectivity index (χ0) is 18.5. The van der Waals surface area contributed by atoms with E-state index in [0.29, 0.717) is 0 Å². The van der Waals surface area contributed by atoms with E-state index in [0.717, 1.165) is 45.1 Å². The normalized spacial score (nSPS) is 19.9. The van der Waals surface area contributed by atoms with Gasteiger partial charge >= 0.3 is 0 Å². The first-order valence-corrected chi connectivity index (χ1v) is 9.52. The molecule has 2 aromatic rings. The Bertz CT molecular complexity index is 769. The van der Waals surface area contributed by atoms with Gasteiger partial charge in [0, 0.05) is 38.6 Å². The van der Waals surface area contributed by atoms with Crippen LogP contribution in [-0.4, -0.2) is 43.2 Å². The van der Waals surface area contributed by atoms with Crippen LogP contribution >= 0.6 is 0 Å². The van der Waals surface area contributed by atoms with E-state index in [9.17, 15) is 0 Å². The smallest absolute Gasteiger partial charge is 0.125 e. The summed E-state index contributed by atoms with van der Waals surface area (Å²) >= 11 is 0. The summed E-state index contributed by atoms with van der Waals surface area (Å²) in [5.74, 6) is 0.896. The molecule has 0 saturated carbocycles. The van der Waals surface area contributed by atoms with E-state index >= 15 is 0 Å². The van der Waals surface area contributed by atoms with Crippen molar-refractivity contribution in [2.24, 2.45) is 0 Å². The van der Waals surface area contributed by atoms with Crippen molar-refractivity contribution in [3.8, 4) is 5.75 Å². The first-order valence-electron chi connectivity index (χ1n) is 9.52. The maximum Gasteiger partial charge on any atom is 0.125 e. The van der Waals surface area contributed by atoms with E-state index in [1.165, 1.54) is 16.7 Å². The highest BCUT2D eigenvalue weighted by atomic mass is 16.5. The van der Waals surface area contributed by atoms with Crippen molar-refractivity contribution in [3.05, 3.63) is 77.6 Å². The summed E-state index contributed by atoms with van der Waals surface area (Å²) in [5, 5.41) is 3.46. The molecule has 4 rings (SSSR count). The molecule has 0 aliphatic carbocycles. The van der Waals surface area contributed by atoms with Crippen LogP contribution in [0.5, 0.6) is 5.75 Å². The molecular formula is C22H27N3O2. The number of hydrogen-bond acceptors (Lipinski definition) is 5. The first-order chi connectivity index (χ1) is 13.3. The predicted octanol–water partition coefficient (Wildman–Crippen LogP) is 3.10. The number of rotatable bonds is 6. The quantitative estimate of drug-likeness (QED) is 0.851. The van der Waals surface area contributed by atoms with E-state index in [2.05, 4.69) is 57.7 Å². The molecule has 5 nitrogen and oxygen atoms in total. The molecule has 1 saturated heterocycles. The highest BCUT2D eigenvalue weighted by Gasteiger charge is 2.21. The number of nitrogens with zero attached hydrogens (tertiary/aromatic N) is 2. The monoisotopic (exact) mass is 365 g/mol. The standard InChI is InChI=1S/C22H27N3O2/c1-26-21-4-2-3-19(15-21)17-25-10-9-23-22(25)20-7-5-18(6-8-20)16-24-11-13-27-14-12-24/h2-10,15,22-23H,11-14,16-17H2,1H3. The third-order valence-electron chi connectivity index (χ3n) is 5.16. The molecule has 142 valence electrons. The van der Waals surface area contributed by atoms with Gasteiger partial charge < -0.3 is 19.7 Å². The van der Waals surface area contributed by atoms with Crippen molar-refractivity contribution in [2.75, 3.05) is 33.4 Å². The van der Waals surface area contributed by atoms with Crippen molar-refractivity contribution in [2.45, 2.75) is 19.3 Å². The summed E-state index contributed by atoms with van der Waals surface area (Å²) in [6.07, 6.45) is 4.30. The topological polar surface area (TPSA) is 37.0 Å². The molecule has 2 heterocycles. The summed E-state index contributed by atoms with van der Waals surface area (Å²) in [6, 6.07) is 17.2. The van der Waals surface area contributed by atoms with Gasteiger partial charge in [-0.05, 0) is 28.8 Å². The molecule has 0 amide bonds. The van der Waals surface area contributed by atoms with Crippen molar-refractivity contribution in [1.29, 1.82) is 0 Å². The second kappa shape index (κ2) is 8.46. The average Bonchev–Trinajstić information content (AvgIpc) is 3.17. The molecule has 2 aliphatic heterocycles. The lowest BCUT2D eigenvalue weighted by Crippen LogP contribution is -2.35. The average molecular weight is 365 g/mol. The van der Waals surface area contributed by atoms with Crippen LogP contribution in [0.4, 0.5) is 0 Å². The van der Waals surface area contributed by atoms with E-state index in [1.54, 1.807) is 7.11 Å². The van der Waals surface area contributed by atoms with Gasteiger partial charge in [-0.1, -0.05) is 36.4 Å². The van der Waals surface area contributed by atoms with Gasteiger partial charge in [0.1, 0.15) is 11.9 Å². The van der Waals surface area contributed by atoms with Crippen molar-refractivity contribution in [3.63, 3.8) is 0 Å². The Balaban J connectivity index is 1.41. The second-order valence-electron chi connectivity index (χ2n) is 7.04. The van der Waals surface area contributed by atoms with Crippen molar-refractivity contribution in [1.82, 2.24) is 15.1 Å². The number of hydrogen-bond donors (Lipinski definition) is 1. The van der Waals surface area contributed by atoms with E-state index < -0.39 is 0 Å². The molecule has 5 heteroatoms. The number of benzene rings is 2. The van der Waals surface area contributed by atoms with E-state index in [1.807, 2.05) is 18.3 Å². The van der Waals surface area contributed by atoms with Crippen LogP contribution in [0.25, 0.3) is 0 Å². The Morgan fingerprint density at radius 3 is 2.63 bits per heavy atom. The predicted molar refractivity (Wildman–Crippen MR) is 106 cm³/mol. The van der Waals surface area contributed by atoms with Crippen LogP contribution in [0.3, 0.4) is 0 Å². The SMILES string of the molecule is COc1cccc(CN2C=CNC2c2ccc(CN3CCOCC3)cc2)c1. The summed E-state index contributed by atoms with van der Waals surface area (Å²) in [7, 11) is 1.71. The fourth-order valence-electron chi connectivity index (χ4n) is 3.65. The minimum Gasteiger partial charge on any atom is -0.497 e. The molecule has 0 radical (unpaired) electrons. The molecule has 0 aromatic heterocycles. The van der Waals surface area contributed by atoms with Crippen LogP contribution in [0.2, 0.25) is 0 Å². The lowest BCUT2D eigenvalue weighted by atomic mass is 10.1. The lowest BCUT2D eigenvalue weighted by Gasteiger charge is -2.28. The molecule has 2 aliphatic rings. The second-order valence-corrected chi connectivity index (χ2v) is 7.04. The molecule has 1 fully saturated rings. The maximum atomic E-state index is 5.43. The van der Waals surface area contributed by atoms with Crippen LogP contribution in [0.15, 0.2) is 60.9 Å². The van der Waals surface area contributed by atoms with Gasteiger partial charge in [0.2, 0.25) is 0 Å². The number of nitrogens with one attached hydrogen (secondary N) is 1. The van der Waals surface area contributed by atoms with Crippen LogP contribution in [0, 0.1) is 0 Å². The minimum absolute atomic E-state index is 0.161. The maximum absolute atomic E-state index is 5.43. The molecule has 0 spiro atoms. The molecule has 1 atom stereocenters. The van der Waals surface area contributed by atoms with Crippen LogP contribution in [0.1, 0.15) is 22.9 Å². The fourth-order valence-corrected chi connectivity index (χ4v) is 3.65. The van der Waals surface area contributed by atoms with Gasteiger partial charge in [0.05, 0.1) is 20.3 Å². The largest absolute Gasteiger partial charge is 0.497 e. The Morgan fingerprint density at radius 2 is 1.85 bits per heavy atom. The van der Waals surface area contributed by atoms with Crippen molar-refractivity contribution < 1.29 is 9.47 Å². The Labute approximate surface area is 161 Å². The third-order valence-corrected chi connectivity index (χ3v) is 5.16. The third kappa shape index (κ3) is 4.43. The Morgan fingerprint density at radius 1 is 1.04 bits per heavy atom. The zero-order valence-electron chi connectivity index (χ0n) is 15.8. The van der Waals surface area contributed by atoms with Gasteiger partial charge in [-0.25, -0.2) is 0 Å². The van der Waals surface area contributed by atoms with Crippen LogP contribution in [-0.2, 0) is 17.8 Å². The van der Waals surface area contributed by atoms with E-state index in [4.69, 9.17) is 9.47 Å². The zero-order valence-corrected chi connectivity index (χ0v) is 15.8. The fraction of sp³-hybridized carbons (Fsp3) is 0.364. The molecule has 2 aromatic carbocycles. The van der Waals surface area contributed by atoms with Gasteiger partial charge in [-0.15, -0.1) is 0 Å². The number of morpholine rings is 1. The van der Waals surface area contributed by atoms with Crippen molar-refractivity contribution >= 4 is 0 Å². The van der Waals surface area contributed by atoms with Gasteiger partial charge in [-0.3, -0.25) is 4.90 Å². The van der Waals surface area contributed by atoms with Crippen LogP contribution < -0.4 is 10.1 Å². The van der Waals surface area contributed by atoms with Gasteiger partial charge in [-0.2, -0.15) is 0 Å². The van der Waals surface area contributed by atoms with Gasteiger partial charge in [0.15, 0.2) is 0 Å². The molecular weight excluding hydrogens is 338 g/mol. The first kappa shape index (κ1) is 17.9. The highest BCUT2D eigenvalue weighted by molar-refractivity contribution is 5.30. The summed E-state index contributed by atoms with van der Waals surface area (Å²) in [6.45, 7) is 5.55.